The molecule has 1 amide bonds. The van der Waals surface area contributed by atoms with Crippen molar-refractivity contribution in [2.24, 2.45) is 0 Å². The van der Waals surface area contributed by atoms with Crippen LogP contribution >= 0.6 is 0 Å². The van der Waals surface area contributed by atoms with Crippen LogP contribution in [0.1, 0.15) is 39.0 Å². The molecule has 22 heavy (non-hydrogen) atoms. The zero-order chi connectivity index (χ0) is 16.5. The van der Waals surface area contributed by atoms with Crippen LogP contribution in [0.15, 0.2) is 0 Å². The minimum atomic E-state index is -1.58. The van der Waals surface area contributed by atoms with Gasteiger partial charge in [-0.2, -0.15) is 0 Å². The Morgan fingerprint density at radius 3 is 2.41 bits per heavy atom. The maximum absolute atomic E-state index is 11.6. The number of amides is 1. The van der Waals surface area contributed by atoms with Crippen LogP contribution in [0.3, 0.4) is 0 Å². The maximum Gasteiger partial charge on any atom is 0.409 e. The van der Waals surface area contributed by atoms with Crippen molar-refractivity contribution in [3.05, 3.63) is 0 Å². The van der Waals surface area contributed by atoms with E-state index in [9.17, 15) is 20.1 Å². The lowest BCUT2D eigenvalue weighted by atomic mass is 9.99. The minimum absolute atomic E-state index is 0.444. The first kappa shape index (κ1) is 19.1. The van der Waals surface area contributed by atoms with Crippen LogP contribution in [0, 0.1) is 0 Å². The van der Waals surface area contributed by atoms with Gasteiger partial charge in [-0.3, -0.25) is 0 Å². The quantitative estimate of drug-likeness (QED) is 0.381. The molecule has 5 atom stereocenters. The average molecular weight is 321 g/mol. The fourth-order valence-corrected chi connectivity index (χ4v) is 2.23. The zero-order valence-electron chi connectivity index (χ0n) is 12.9. The summed E-state index contributed by atoms with van der Waals surface area (Å²) in [6, 6.07) is 0. The molecule has 0 aromatic heterocycles. The Kier molecular flexibility index (Phi) is 8.66. The smallest absolute Gasteiger partial charge is 0.409 e. The Morgan fingerprint density at radius 2 is 1.77 bits per heavy atom. The van der Waals surface area contributed by atoms with Gasteiger partial charge in [0.2, 0.25) is 6.29 Å². The highest BCUT2D eigenvalue weighted by atomic mass is 16.7. The fraction of sp³-hybridized carbons (Fsp3) is 0.929. The highest BCUT2D eigenvalue weighted by molar-refractivity contribution is 5.67. The van der Waals surface area contributed by atoms with E-state index >= 15 is 0 Å². The first-order chi connectivity index (χ1) is 10.5. The van der Waals surface area contributed by atoms with Crippen LogP contribution in [0.4, 0.5) is 4.79 Å². The van der Waals surface area contributed by atoms with Crippen molar-refractivity contribution in [2.45, 2.75) is 69.7 Å². The predicted octanol–water partition coefficient (Wildman–Crippen LogP) is -0.517. The molecule has 0 spiro atoms. The van der Waals surface area contributed by atoms with Crippen LogP contribution in [0.25, 0.3) is 0 Å². The molecular formula is C14H27NO7. The number of carbonyl (C=O) groups is 1. The van der Waals surface area contributed by atoms with Crippen molar-refractivity contribution in [2.75, 3.05) is 13.2 Å². The molecule has 1 rings (SSSR count). The number of rotatable bonds is 8. The lowest BCUT2D eigenvalue weighted by Crippen LogP contribution is -2.59. The summed E-state index contributed by atoms with van der Waals surface area (Å²) in [6.45, 7) is 2.00. The van der Waals surface area contributed by atoms with E-state index in [1.54, 1.807) is 0 Å². The summed E-state index contributed by atoms with van der Waals surface area (Å²) in [5, 5.41) is 40.4. The van der Waals surface area contributed by atoms with Gasteiger partial charge in [-0.1, -0.05) is 32.6 Å². The van der Waals surface area contributed by atoms with Crippen LogP contribution in [-0.4, -0.2) is 70.4 Å². The van der Waals surface area contributed by atoms with Crippen molar-refractivity contribution < 1.29 is 34.7 Å². The third-order valence-electron chi connectivity index (χ3n) is 3.62. The van der Waals surface area contributed by atoms with Crippen LogP contribution in [-0.2, 0) is 9.47 Å². The molecule has 0 saturated carbocycles. The first-order valence-corrected chi connectivity index (χ1v) is 7.76. The fourth-order valence-electron chi connectivity index (χ4n) is 2.23. The van der Waals surface area contributed by atoms with Crippen molar-refractivity contribution >= 4 is 6.09 Å². The standard InChI is InChI=1S/C14H27NO7/c1-2-3-4-5-6-7-15-14(20)22-13-12(19)11(18)10(17)9(8-16)21-13/h9-13,16-19H,2-8H2,1H3,(H,15,20)/t9-,10-,11+,12+,13-/m1/s1. The largest absolute Gasteiger partial charge is 0.417 e. The molecule has 1 aliphatic rings. The molecule has 1 saturated heterocycles. The number of carbonyl (C=O) groups excluding carboxylic acids is 1. The highest BCUT2D eigenvalue weighted by Crippen LogP contribution is 2.21. The Bertz CT molecular complexity index is 326. The topological polar surface area (TPSA) is 128 Å². The van der Waals surface area contributed by atoms with Gasteiger partial charge >= 0.3 is 6.09 Å². The molecule has 1 heterocycles. The Hall–Kier alpha value is -0.930. The van der Waals surface area contributed by atoms with Gasteiger partial charge in [0.05, 0.1) is 6.61 Å². The van der Waals surface area contributed by atoms with E-state index in [2.05, 4.69) is 12.2 Å². The maximum atomic E-state index is 11.6. The van der Waals surface area contributed by atoms with Gasteiger partial charge in [0, 0.05) is 6.54 Å². The minimum Gasteiger partial charge on any atom is -0.417 e. The van der Waals surface area contributed by atoms with Crippen molar-refractivity contribution in [1.29, 1.82) is 0 Å². The van der Waals surface area contributed by atoms with E-state index in [0.717, 1.165) is 32.1 Å². The van der Waals surface area contributed by atoms with Gasteiger partial charge in [-0.15, -0.1) is 0 Å². The van der Waals surface area contributed by atoms with E-state index in [4.69, 9.17) is 14.6 Å². The van der Waals surface area contributed by atoms with Crippen molar-refractivity contribution in [3.63, 3.8) is 0 Å². The summed E-state index contributed by atoms with van der Waals surface area (Å²) in [5.74, 6) is 0. The number of unbranched alkanes of at least 4 members (excludes halogenated alkanes) is 4. The summed E-state index contributed by atoms with van der Waals surface area (Å²) in [6.07, 6.45) is -2.66. The molecule has 1 fully saturated rings. The van der Waals surface area contributed by atoms with Gasteiger partial charge in [0.25, 0.3) is 0 Å². The molecule has 0 aliphatic carbocycles. The van der Waals surface area contributed by atoms with E-state index in [1.807, 2.05) is 0 Å². The SMILES string of the molecule is CCCCCCCNC(=O)O[C@H]1O[C@H](CO)[C@@H](O)[C@H](O)[C@@H]1O. The Balaban J connectivity index is 2.30. The van der Waals surface area contributed by atoms with E-state index < -0.39 is 43.4 Å². The lowest BCUT2D eigenvalue weighted by Gasteiger charge is -2.39. The number of hydrogen-bond acceptors (Lipinski definition) is 7. The second kappa shape index (κ2) is 9.96. The second-order valence-electron chi connectivity index (χ2n) is 5.44. The number of alkyl carbamates (subject to hydrolysis) is 1. The van der Waals surface area contributed by atoms with E-state index in [-0.39, 0.29) is 0 Å². The summed E-state index contributed by atoms with van der Waals surface area (Å²) in [7, 11) is 0. The third-order valence-corrected chi connectivity index (χ3v) is 3.62. The van der Waals surface area contributed by atoms with E-state index in [0.29, 0.717) is 6.54 Å². The molecule has 0 unspecified atom stereocenters. The number of aliphatic hydroxyl groups excluding tert-OH is 4. The number of hydrogen-bond donors (Lipinski definition) is 5. The molecule has 0 aromatic carbocycles. The van der Waals surface area contributed by atoms with Gasteiger partial charge in [0.1, 0.15) is 24.4 Å². The summed E-state index contributed by atoms with van der Waals surface area (Å²) in [4.78, 5) is 11.6. The zero-order valence-corrected chi connectivity index (χ0v) is 12.9. The molecule has 130 valence electrons. The Morgan fingerprint density at radius 1 is 1.09 bits per heavy atom. The van der Waals surface area contributed by atoms with Gasteiger partial charge in [-0.25, -0.2) is 4.79 Å². The average Bonchev–Trinajstić information content (AvgIpc) is 2.51. The van der Waals surface area contributed by atoms with Gasteiger partial charge < -0.3 is 35.2 Å². The number of aliphatic hydroxyl groups is 4. The molecule has 0 aromatic rings. The third kappa shape index (κ3) is 5.69. The van der Waals surface area contributed by atoms with E-state index in [1.165, 1.54) is 0 Å². The molecule has 0 radical (unpaired) electrons. The predicted molar refractivity (Wildman–Crippen MR) is 77.0 cm³/mol. The molecule has 0 bridgehead atoms. The van der Waals surface area contributed by atoms with Gasteiger partial charge in [-0.05, 0) is 6.42 Å². The van der Waals surface area contributed by atoms with Gasteiger partial charge in [0.15, 0.2) is 0 Å². The monoisotopic (exact) mass is 321 g/mol. The highest BCUT2D eigenvalue weighted by Gasteiger charge is 2.45. The van der Waals surface area contributed by atoms with Crippen molar-refractivity contribution in [1.82, 2.24) is 5.32 Å². The van der Waals surface area contributed by atoms with Crippen LogP contribution < -0.4 is 5.32 Å². The Labute approximate surface area is 130 Å². The molecule has 8 heteroatoms. The molecule has 8 nitrogen and oxygen atoms in total. The summed E-state index contributed by atoms with van der Waals surface area (Å²) >= 11 is 0. The van der Waals surface area contributed by atoms with Crippen LogP contribution in [0.5, 0.6) is 0 Å². The lowest BCUT2D eigenvalue weighted by molar-refractivity contribution is -0.284. The van der Waals surface area contributed by atoms with Crippen molar-refractivity contribution in [3.8, 4) is 0 Å². The molecule has 5 N–H and O–H groups in total. The number of nitrogens with one attached hydrogen (secondary N) is 1. The second-order valence-corrected chi connectivity index (χ2v) is 5.44. The summed E-state index contributed by atoms with van der Waals surface area (Å²) < 4.78 is 9.95. The normalized spacial score (nSPS) is 31.8. The number of ether oxygens (including phenoxy) is 2. The molecular weight excluding hydrogens is 294 g/mol. The first-order valence-electron chi connectivity index (χ1n) is 7.76. The molecule has 1 aliphatic heterocycles. The van der Waals surface area contributed by atoms with Crippen LogP contribution in [0.2, 0.25) is 0 Å². The summed E-state index contributed by atoms with van der Waals surface area (Å²) in [5.41, 5.74) is 0.